The third kappa shape index (κ3) is 2.41. The van der Waals surface area contributed by atoms with Crippen molar-refractivity contribution >= 4 is 17.5 Å². The summed E-state index contributed by atoms with van der Waals surface area (Å²) in [6.45, 7) is 0.902. The average molecular weight is 352 g/mol. The first kappa shape index (κ1) is 16.4. The van der Waals surface area contributed by atoms with Crippen LogP contribution in [0.1, 0.15) is 22.3 Å². The molecule has 2 aromatic rings. The Kier molecular flexibility index (Phi) is 3.83. The number of anilines is 1. The Balaban J connectivity index is 1.62. The first-order chi connectivity index (χ1) is 12.6. The van der Waals surface area contributed by atoms with Gasteiger partial charge >= 0.3 is 0 Å². The summed E-state index contributed by atoms with van der Waals surface area (Å²) in [4.78, 5) is 27.3. The second kappa shape index (κ2) is 6.05. The summed E-state index contributed by atoms with van der Waals surface area (Å²) in [5.74, 6) is 1.29. The topological polar surface area (TPSA) is 67.9 Å². The number of hydrogen-bond donors (Lipinski definition) is 1. The van der Waals surface area contributed by atoms with Crippen molar-refractivity contribution in [2.24, 2.45) is 0 Å². The molecule has 0 radical (unpaired) electrons. The van der Waals surface area contributed by atoms with Crippen molar-refractivity contribution in [2.45, 2.75) is 11.8 Å². The number of fused-ring (bicyclic) bond motifs is 2. The molecule has 2 amide bonds. The molecule has 1 atom stereocenters. The minimum absolute atomic E-state index is 0.0502. The van der Waals surface area contributed by atoms with Crippen molar-refractivity contribution in [1.29, 1.82) is 0 Å². The zero-order valence-electron chi connectivity index (χ0n) is 14.7. The highest BCUT2D eigenvalue weighted by Gasteiger charge is 2.52. The highest BCUT2D eigenvalue weighted by atomic mass is 16.5. The zero-order valence-corrected chi connectivity index (χ0v) is 14.7. The number of ether oxygens (including phenoxy) is 2. The van der Waals surface area contributed by atoms with Gasteiger partial charge in [-0.15, -0.1) is 0 Å². The van der Waals surface area contributed by atoms with E-state index >= 15 is 0 Å². The van der Waals surface area contributed by atoms with Gasteiger partial charge < -0.3 is 19.7 Å². The Hall–Kier alpha value is -3.02. The third-order valence-corrected chi connectivity index (χ3v) is 5.32. The van der Waals surface area contributed by atoms with Crippen LogP contribution in [0.4, 0.5) is 5.69 Å². The smallest absolute Gasteiger partial charge is 0.253 e. The van der Waals surface area contributed by atoms with E-state index in [-0.39, 0.29) is 11.8 Å². The molecule has 2 aliphatic heterocycles. The van der Waals surface area contributed by atoms with Crippen LogP contribution in [0.2, 0.25) is 0 Å². The van der Waals surface area contributed by atoms with E-state index in [1.165, 1.54) is 0 Å². The molecule has 26 heavy (non-hydrogen) atoms. The van der Waals surface area contributed by atoms with E-state index in [9.17, 15) is 9.59 Å². The molecule has 6 heteroatoms. The van der Waals surface area contributed by atoms with Gasteiger partial charge in [-0.3, -0.25) is 9.59 Å². The van der Waals surface area contributed by atoms with Gasteiger partial charge in [-0.1, -0.05) is 0 Å². The van der Waals surface area contributed by atoms with E-state index in [1.54, 1.807) is 43.4 Å². The molecule has 0 saturated carbocycles. The van der Waals surface area contributed by atoms with Crippen LogP contribution in [0.5, 0.6) is 11.5 Å². The molecule has 0 aliphatic carbocycles. The van der Waals surface area contributed by atoms with E-state index in [0.29, 0.717) is 36.6 Å². The number of carbonyl (C=O) groups is 2. The number of rotatable bonds is 3. The van der Waals surface area contributed by atoms with Crippen LogP contribution in [0.25, 0.3) is 0 Å². The molecule has 4 rings (SSSR count). The van der Waals surface area contributed by atoms with Crippen molar-refractivity contribution in [3.05, 3.63) is 53.6 Å². The molecule has 1 saturated heterocycles. The fraction of sp³-hybridized carbons (Fsp3) is 0.300. The number of methoxy groups -OCH3 is 2. The lowest BCUT2D eigenvalue weighted by molar-refractivity contribution is -0.120. The van der Waals surface area contributed by atoms with Gasteiger partial charge in [0.2, 0.25) is 5.91 Å². The van der Waals surface area contributed by atoms with Gasteiger partial charge in [0, 0.05) is 24.3 Å². The van der Waals surface area contributed by atoms with Crippen LogP contribution in [-0.2, 0) is 10.2 Å². The minimum atomic E-state index is -0.702. The summed E-state index contributed by atoms with van der Waals surface area (Å²) >= 11 is 0. The fourth-order valence-electron chi connectivity index (χ4n) is 3.82. The molecule has 1 spiro atoms. The van der Waals surface area contributed by atoms with Crippen LogP contribution in [0, 0.1) is 0 Å². The highest BCUT2D eigenvalue weighted by molar-refractivity contribution is 6.07. The van der Waals surface area contributed by atoms with Gasteiger partial charge in [0.25, 0.3) is 5.91 Å². The van der Waals surface area contributed by atoms with Crippen molar-refractivity contribution < 1.29 is 19.1 Å². The highest BCUT2D eigenvalue weighted by Crippen LogP contribution is 2.45. The van der Waals surface area contributed by atoms with Crippen molar-refractivity contribution in [3.63, 3.8) is 0 Å². The first-order valence-electron chi connectivity index (χ1n) is 8.51. The fourth-order valence-corrected chi connectivity index (χ4v) is 3.82. The van der Waals surface area contributed by atoms with Crippen LogP contribution in [0.15, 0.2) is 42.5 Å². The van der Waals surface area contributed by atoms with Gasteiger partial charge in [-0.05, 0) is 54.4 Å². The summed E-state index contributed by atoms with van der Waals surface area (Å²) in [5, 5.41) is 2.95. The number of nitrogens with zero attached hydrogens (tertiary/aromatic N) is 1. The maximum Gasteiger partial charge on any atom is 0.253 e. The Bertz CT molecular complexity index is 878. The Morgan fingerprint density at radius 3 is 2.46 bits per heavy atom. The standard InChI is InChI=1S/C20H20N2O4/c1-25-14-5-3-13(4-6-14)18(23)22-10-9-20(12-22)16-11-15(26-2)7-8-17(16)21-19(20)24/h3-8,11H,9-10,12H2,1-2H3,(H,21,24)/t20-/m0/s1. The van der Waals surface area contributed by atoms with Crippen molar-refractivity contribution in [3.8, 4) is 11.5 Å². The first-order valence-corrected chi connectivity index (χ1v) is 8.51. The molecular formula is C20H20N2O4. The van der Waals surface area contributed by atoms with Crippen LogP contribution in [-0.4, -0.2) is 44.0 Å². The summed E-state index contributed by atoms with van der Waals surface area (Å²) in [6.07, 6.45) is 0.598. The number of likely N-dealkylation sites (tertiary alicyclic amines) is 1. The van der Waals surface area contributed by atoms with E-state index < -0.39 is 5.41 Å². The number of amides is 2. The maximum absolute atomic E-state index is 12.9. The average Bonchev–Trinajstić information content (AvgIpc) is 3.24. The lowest BCUT2D eigenvalue weighted by Gasteiger charge is -2.23. The summed E-state index contributed by atoms with van der Waals surface area (Å²) in [7, 11) is 3.19. The van der Waals surface area contributed by atoms with E-state index in [0.717, 1.165) is 11.3 Å². The molecule has 1 fully saturated rings. The van der Waals surface area contributed by atoms with Gasteiger partial charge in [-0.25, -0.2) is 0 Å². The summed E-state index contributed by atoms with van der Waals surface area (Å²) in [6, 6.07) is 12.6. The molecular weight excluding hydrogens is 332 g/mol. The summed E-state index contributed by atoms with van der Waals surface area (Å²) < 4.78 is 10.4. The Labute approximate surface area is 151 Å². The molecule has 0 unspecified atom stereocenters. The molecule has 2 heterocycles. The maximum atomic E-state index is 12.9. The van der Waals surface area contributed by atoms with Crippen LogP contribution < -0.4 is 14.8 Å². The second-order valence-corrected chi connectivity index (χ2v) is 6.65. The normalized spacial score (nSPS) is 20.8. The van der Waals surface area contributed by atoms with E-state index in [1.807, 2.05) is 18.2 Å². The molecule has 2 aliphatic rings. The number of benzene rings is 2. The van der Waals surface area contributed by atoms with E-state index in [2.05, 4.69) is 5.32 Å². The predicted molar refractivity (Wildman–Crippen MR) is 96.8 cm³/mol. The molecule has 0 aromatic heterocycles. The summed E-state index contributed by atoms with van der Waals surface area (Å²) in [5.41, 5.74) is 1.60. The second-order valence-electron chi connectivity index (χ2n) is 6.65. The molecule has 134 valence electrons. The van der Waals surface area contributed by atoms with Gasteiger partial charge in [-0.2, -0.15) is 0 Å². The van der Waals surface area contributed by atoms with Crippen molar-refractivity contribution in [2.75, 3.05) is 32.6 Å². The van der Waals surface area contributed by atoms with Crippen molar-refractivity contribution in [1.82, 2.24) is 4.90 Å². The monoisotopic (exact) mass is 352 g/mol. The molecule has 6 nitrogen and oxygen atoms in total. The number of nitrogens with one attached hydrogen (secondary N) is 1. The largest absolute Gasteiger partial charge is 0.497 e. The van der Waals surface area contributed by atoms with Crippen LogP contribution in [0.3, 0.4) is 0 Å². The molecule has 1 N–H and O–H groups in total. The molecule has 2 aromatic carbocycles. The van der Waals surface area contributed by atoms with Gasteiger partial charge in [0.15, 0.2) is 0 Å². The van der Waals surface area contributed by atoms with Gasteiger partial charge in [0.1, 0.15) is 11.5 Å². The Morgan fingerprint density at radius 1 is 1.08 bits per heavy atom. The van der Waals surface area contributed by atoms with Crippen LogP contribution >= 0.6 is 0 Å². The predicted octanol–water partition coefficient (Wildman–Crippen LogP) is 2.44. The zero-order chi connectivity index (χ0) is 18.3. The number of hydrogen-bond acceptors (Lipinski definition) is 4. The quantitative estimate of drug-likeness (QED) is 0.921. The third-order valence-electron chi connectivity index (χ3n) is 5.32. The Morgan fingerprint density at radius 2 is 1.77 bits per heavy atom. The lowest BCUT2D eigenvalue weighted by Crippen LogP contribution is -2.39. The SMILES string of the molecule is COc1ccc(C(=O)N2CC[C@@]3(C2)C(=O)Nc2ccc(OC)cc23)cc1. The number of carbonyl (C=O) groups excluding carboxylic acids is 2. The lowest BCUT2D eigenvalue weighted by atomic mass is 9.81. The molecule has 0 bridgehead atoms. The van der Waals surface area contributed by atoms with Gasteiger partial charge in [0.05, 0.1) is 19.6 Å². The van der Waals surface area contributed by atoms with E-state index in [4.69, 9.17) is 9.47 Å². The minimum Gasteiger partial charge on any atom is -0.497 e.